The first-order chi connectivity index (χ1) is 14.0. The van der Waals surface area contributed by atoms with Crippen molar-refractivity contribution in [2.75, 3.05) is 6.54 Å². The lowest BCUT2D eigenvalue weighted by Crippen LogP contribution is -2.29. The fourth-order valence-corrected chi connectivity index (χ4v) is 5.86. The van der Waals surface area contributed by atoms with E-state index in [1.807, 2.05) is 36.4 Å². The number of para-hydroxylation sites is 1. The number of benzene rings is 1. The summed E-state index contributed by atoms with van der Waals surface area (Å²) in [5.41, 5.74) is 1.43. The lowest BCUT2D eigenvalue weighted by molar-refractivity contribution is -0.121. The van der Waals surface area contributed by atoms with Crippen molar-refractivity contribution < 1.29 is 13.2 Å². The van der Waals surface area contributed by atoms with Gasteiger partial charge in [-0.25, -0.2) is 4.98 Å². The fourth-order valence-electron chi connectivity index (χ4n) is 2.72. The van der Waals surface area contributed by atoms with Crippen LogP contribution in [-0.4, -0.2) is 35.9 Å². The van der Waals surface area contributed by atoms with Crippen LogP contribution >= 0.6 is 23.1 Å². The predicted molar refractivity (Wildman–Crippen MR) is 118 cm³/mol. The minimum atomic E-state index is -3.89. The molecule has 3 heterocycles. The molecule has 1 saturated heterocycles. The molecule has 0 saturated carbocycles. The van der Waals surface area contributed by atoms with Crippen molar-refractivity contribution in [3.05, 3.63) is 77.2 Å². The second kappa shape index (κ2) is 7.94. The molecular weight excluding hydrogens is 426 g/mol. The van der Waals surface area contributed by atoms with Crippen LogP contribution in [0.25, 0.3) is 17.0 Å². The SMILES string of the molecule is C=CCN1C(=O)C(=Cc2ccc3ccccc3n2)SC1=NS(=O)(=O)c1cccs1. The quantitative estimate of drug-likeness (QED) is 0.439. The number of thioether (sulfide) groups is 1. The van der Waals surface area contributed by atoms with E-state index in [-0.39, 0.29) is 21.8 Å². The van der Waals surface area contributed by atoms with Gasteiger partial charge in [-0.05, 0) is 41.4 Å². The van der Waals surface area contributed by atoms with Gasteiger partial charge in [0, 0.05) is 11.9 Å². The number of aromatic nitrogens is 1. The van der Waals surface area contributed by atoms with Gasteiger partial charge in [0.05, 0.1) is 16.1 Å². The van der Waals surface area contributed by atoms with Crippen molar-refractivity contribution in [3.63, 3.8) is 0 Å². The molecule has 0 atom stereocenters. The molecule has 6 nitrogen and oxygen atoms in total. The third-order valence-corrected chi connectivity index (χ3v) is 7.81. The van der Waals surface area contributed by atoms with E-state index in [1.165, 1.54) is 17.0 Å². The number of sulfonamides is 1. The summed E-state index contributed by atoms with van der Waals surface area (Å²) in [6, 6.07) is 14.6. The average molecular weight is 442 g/mol. The molecule has 1 aromatic carbocycles. The molecular formula is C20H15N3O3S3. The van der Waals surface area contributed by atoms with E-state index >= 15 is 0 Å². The first-order valence-corrected chi connectivity index (χ1v) is 11.7. The van der Waals surface area contributed by atoms with E-state index < -0.39 is 10.0 Å². The van der Waals surface area contributed by atoms with Crippen LogP contribution in [0.1, 0.15) is 5.69 Å². The van der Waals surface area contributed by atoms with E-state index in [2.05, 4.69) is 16.0 Å². The van der Waals surface area contributed by atoms with Gasteiger partial charge >= 0.3 is 0 Å². The number of nitrogens with zero attached hydrogens (tertiary/aromatic N) is 3. The normalized spacial score (nSPS) is 17.5. The van der Waals surface area contributed by atoms with E-state index in [9.17, 15) is 13.2 Å². The van der Waals surface area contributed by atoms with Crippen molar-refractivity contribution in [3.8, 4) is 0 Å². The first-order valence-electron chi connectivity index (χ1n) is 8.54. The van der Waals surface area contributed by atoms with Crippen LogP contribution in [0.15, 0.2) is 80.1 Å². The Morgan fingerprint density at radius 2 is 1.97 bits per heavy atom. The molecule has 0 spiro atoms. The number of thiophene rings is 1. The molecule has 0 aliphatic carbocycles. The highest BCUT2D eigenvalue weighted by molar-refractivity contribution is 8.19. The largest absolute Gasteiger partial charge is 0.294 e. The monoisotopic (exact) mass is 441 g/mol. The first kappa shape index (κ1) is 19.6. The molecule has 1 amide bonds. The summed E-state index contributed by atoms with van der Waals surface area (Å²) in [7, 11) is -3.89. The van der Waals surface area contributed by atoms with E-state index in [0.29, 0.717) is 10.6 Å². The topological polar surface area (TPSA) is 79.7 Å². The fraction of sp³-hybridized carbons (Fsp3) is 0.0500. The Bertz CT molecular complexity index is 1260. The van der Waals surface area contributed by atoms with Gasteiger partial charge in [0.2, 0.25) is 0 Å². The molecule has 29 heavy (non-hydrogen) atoms. The highest BCUT2D eigenvalue weighted by Crippen LogP contribution is 2.34. The van der Waals surface area contributed by atoms with Gasteiger partial charge in [0.1, 0.15) is 4.21 Å². The van der Waals surface area contributed by atoms with E-state index in [1.54, 1.807) is 17.5 Å². The Balaban J connectivity index is 1.72. The molecule has 146 valence electrons. The highest BCUT2D eigenvalue weighted by Gasteiger charge is 2.34. The molecule has 3 aromatic rings. The van der Waals surface area contributed by atoms with Crippen LogP contribution in [-0.2, 0) is 14.8 Å². The lowest BCUT2D eigenvalue weighted by atomic mass is 10.2. The summed E-state index contributed by atoms with van der Waals surface area (Å²) < 4.78 is 29.1. The van der Waals surface area contributed by atoms with Crippen LogP contribution in [0, 0.1) is 0 Å². The standard InChI is InChI=1S/C20H15N3O3S3/c1-2-11-23-19(24)17(13-15-10-9-14-6-3-4-7-16(14)21-15)28-20(23)22-29(25,26)18-8-5-12-27-18/h2-10,12-13H,1,11H2. The number of carbonyl (C=O) groups is 1. The summed E-state index contributed by atoms with van der Waals surface area (Å²) in [5, 5.41) is 2.77. The maximum absolute atomic E-state index is 12.8. The van der Waals surface area contributed by atoms with Crippen molar-refractivity contribution >= 4 is 61.2 Å². The zero-order valence-corrected chi connectivity index (χ0v) is 17.5. The number of carbonyl (C=O) groups excluding carboxylic acids is 1. The van der Waals surface area contributed by atoms with Crippen LogP contribution in [0.2, 0.25) is 0 Å². The summed E-state index contributed by atoms with van der Waals surface area (Å²) in [4.78, 5) is 19.0. The second-order valence-electron chi connectivity index (χ2n) is 6.02. The Labute approximate surface area is 176 Å². The van der Waals surface area contributed by atoms with Crippen molar-refractivity contribution in [1.29, 1.82) is 0 Å². The predicted octanol–water partition coefficient (Wildman–Crippen LogP) is 4.14. The molecule has 0 bridgehead atoms. The minimum Gasteiger partial charge on any atom is -0.282 e. The maximum Gasteiger partial charge on any atom is 0.294 e. The number of amidine groups is 1. The number of rotatable bonds is 5. The summed E-state index contributed by atoms with van der Waals surface area (Å²) in [6.45, 7) is 3.81. The highest BCUT2D eigenvalue weighted by atomic mass is 32.2. The van der Waals surface area contributed by atoms with Gasteiger partial charge in [-0.1, -0.05) is 36.4 Å². The molecule has 1 aliphatic heterocycles. The molecule has 4 rings (SSSR count). The van der Waals surface area contributed by atoms with Crippen LogP contribution in [0.5, 0.6) is 0 Å². The summed E-state index contributed by atoms with van der Waals surface area (Å²) in [5.74, 6) is -0.329. The van der Waals surface area contributed by atoms with Gasteiger partial charge in [-0.3, -0.25) is 9.69 Å². The smallest absolute Gasteiger partial charge is 0.282 e. The number of fused-ring (bicyclic) bond motifs is 1. The molecule has 0 radical (unpaired) electrons. The van der Waals surface area contributed by atoms with Crippen LogP contribution in [0.3, 0.4) is 0 Å². The number of hydrogen-bond donors (Lipinski definition) is 0. The molecule has 1 fully saturated rings. The third kappa shape index (κ3) is 4.02. The number of pyridine rings is 1. The Morgan fingerprint density at radius 1 is 1.14 bits per heavy atom. The molecule has 0 N–H and O–H groups in total. The summed E-state index contributed by atoms with van der Waals surface area (Å²) in [6.07, 6.45) is 3.18. The maximum atomic E-state index is 12.8. The minimum absolute atomic E-state index is 0.107. The van der Waals surface area contributed by atoms with Crippen molar-refractivity contribution in [2.24, 2.45) is 4.40 Å². The van der Waals surface area contributed by atoms with Gasteiger partial charge < -0.3 is 0 Å². The number of amides is 1. The van der Waals surface area contributed by atoms with Crippen molar-refractivity contribution in [2.45, 2.75) is 4.21 Å². The van der Waals surface area contributed by atoms with E-state index in [0.717, 1.165) is 34.0 Å². The van der Waals surface area contributed by atoms with Crippen LogP contribution in [0.4, 0.5) is 0 Å². The van der Waals surface area contributed by atoms with Gasteiger partial charge in [0.15, 0.2) is 5.17 Å². The molecule has 1 aliphatic rings. The molecule has 2 aromatic heterocycles. The van der Waals surface area contributed by atoms with Gasteiger partial charge in [-0.15, -0.1) is 22.3 Å². The van der Waals surface area contributed by atoms with E-state index in [4.69, 9.17) is 0 Å². The van der Waals surface area contributed by atoms with Gasteiger partial charge in [0.25, 0.3) is 15.9 Å². The average Bonchev–Trinajstić information content (AvgIpc) is 3.34. The zero-order valence-electron chi connectivity index (χ0n) is 15.1. The third-order valence-electron chi connectivity index (χ3n) is 4.05. The van der Waals surface area contributed by atoms with Gasteiger partial charge in [-0.2, -0.15) is 8.42 Å². The Morgan fingerprint density at radius 3 is 2.72 bits per heavy atom. The Hall–Kier alpha value is -2.75. The second-order valence-corrected chi connectivity index (χ2v) is 9.81. The van der Waals surface area contributed by atoms with Crippen LogP contribution < -0.4 is 0 Å². The summed E-state index contributed by atoms with van der Waals surface area (Å²) >= 11 is 2.10. The Kier molecular flexibility index (Phi) is 5.35. The zero-order chi connectivity index (χ0) is 20.4. The van der Waals surface area contributed by atoms with Crippen molar-refractivity contribution in [1.82, 2.24) is 9.88 Å². The lowest BCUT2D eigenvalue weighted by Gasteiger charge is -2.12. The number of hydrogen-bond acceptors (Lipinski definition) is 6. The molecule has 0 unspecified atom stereocenters. The molecule has 9 heteroatoms.